The van der Waals surface area contributed by atoms with Gasteiger partial charge in [-0.25, -0.2) is 0 Å². The third kappa shape index (κ3) is 4.82. The van der Waals surface area contributed by atoms with Gasteiger partial charge in [0.2, 0.25) is 0 Å². The van der Waals surface area contributed by atoms with Crippen molar-refractivity contribution in [3.8, 4) is 5.75 Å². The molecule has 1 aromatic rings. The average molecular weight is 251 g/mol. The van der Waals surface area contributed by atoms with Crippen molar-refractivity contribution in [2.75, 3.05) is 13.2 Å². The van der Waals surface area contributed by atoms with E-state index in [4.69, 9.17) is 17.0 Å². The van der Waals surface area contributed by atoms with Crippen LogP contribution in [0.3, 0.4) is 0 Å². The molecule has 0 aliphatic carbocycles. The lowest BCUT2D eigenvalue weighted by atomic mass is 10.2. The molecule has 0 aliphatic rings. The summed E-state index contributed by atoms with van der Waals surface area (Å²) in [5, 5.41) is 7.50. The summed E-state index contributed by atoms with van der Waals surface area (Å²) < 4.78 is 5.47. The van der Waals surface area contributed by atoms with Gasteiger partial charge in [0.25, 0.3) is 0 Å². The first kappa shape index (κ1) is 13.4. The van der Waals surface area contributed by atoms with Crippen molar-refractivity contribution in [3.63, 3.8) is 0 Å². The summed E-state index contributed by atoms with van der Waals surface area (Å²) in [7, 11) is 0. The Bertz CT molecular complexity index is 393. The number of hydrogen-bond acceptors (Lipinski definition) is 3. The van der Waals surface area contributed by atoms with Gasteiger partial charge in [0.05, 0.1) is 12.8 Å². The Morgan fingerprint density at radius 3 is 2.88 bits per heavy atom. The van der Waals surface area contributed by atoms with Crippen molar-refractivity contribution >= 4 is 23.5 Å². The minimum absolute atomic E-state index is 0.512. The second-order valence-corrected chi connectivity index (χ2v) is 3.61. The number of para-hydroxylation sites is 1. The predicted octanol–water partition coefficient (Wildman–Crippen LogP) is 1.90. The second-order valence-electron chi connectivity index (χ2n) is 3.20. The molecule has 0 amide bonds. The number of ether oxygens (including phenoxy) is 1. The van der Waals surface area contributed by atoms with Crippen LogP contribution in [0.5, 0.6) is 5.75 Å². The van der Waals surface area contributed by atoms with Crippen LogP contribution < -0.4 is 15.5 Å². The summed E-state index contributed by atoms with van der Waals surface area (Å²) in [4.78, 5) is 0. The number of nitrogens with zero attached hydrogens (tertiary/aromatic N) is 1. The van der Waals surface area contributed by atoms with E-state index in [0.717, 1.165) is 17.9 Å². The Morgan fingerprint density at radius 2 is 2.18 bits per heavy atom. The van der Waals surface area contributed by atoms with Crippen LogP contribution in [0.1, 0.15) is 19.4 Å². The molecule has 92 valence electrons. The molecule has 0 saturated carbocycles. The van der Waals surface area contributed by atoms with Gasteiger partial charge in [-0.2, -0.15) is 5.10 Å². The molecule has 0 atom stereocenters. The molecular formula is C12H17N3OS. The number of hydrazone groups is 1. The van der Waals surface area contributed by atoms with E-state index < -0.39 is 0 Å². The monoisotopic (exact) mass is 251 g/mol. The van der Waals surface area contributed by atoms with Crippen molar-refractivity contribution < 1.29 is 4.74 Å². The zero-order valence-corrected chi connectivity index (χ0v) is 10.9. The predicted molar refractivity (Wildman–Crippen MR) is 74.6 cm³/mol. The van der Waals surface area contributed by atoms with Crippen molar-refractivity contribution in [3.05, 3.63) is 29.8 Å². The molecule has 2 N–H and O–H groups in total. The van der Waals surface area contributed by atoms with E-state index in [2.05, 4.69) is 15.8 Å². The number of benzene rings is 1. The molecule has 0 spiro atoms. The van der Waals surface area contributed by atoms with Crippen molar-refractivity contribution in [1.82, 2.24) is 10.7 Å². The fourth-order valence-corrected chi connectivity index (χ4v) is 1.43. The van der Waals surface area contributed by atoms with Crippen LogP contribution in [-0.2, 0) is 0 Å². The van der Waals surface area contributed by atoms with E-state index in [-0.39, 0.29) is 0 Å². The second kappa shape index (κ2) is 7.62. The highest BCUT2D eigenvalue weighted by molar-refractivity contribution is 7.80. The van der Waals surface area contributed by atoms with Crippen LogP contribution in [0.15, 0.2) is 29.4 Å². The van der Waals surface area contributed by atoms with Crippen LogP contribution in [0.25, 0.3) is 0 Å². The van der Waals surface area contributed by atoms with E-state index in [1.54, 1.807) is 6.21 Å². The molecule has 0 bridgehead atoms. The van der Waals surface area contributed by atoms with Crippen LogP contribution in [0.4, 0.5) is 0 Å². The van der Waals surface area contributed by atoms with E-state index in [1.807, 2.05) is 38.1 Å². The number of hydrogen-bond donors (Lipinski definition) is 2. The number of rotatable bonds is 5. The third-order valence-corrected chi connectivity index (χ3v) is 2.16. The molecule has 0 saturated heterocycles. The molecule has 5 heteroatoms. The standard InChI is InChI=1S/C12H17N3OS/c1-3-13-12(17)15-14-9-10-7-5-6-8-11(10)16-4-2/h5-9H,3-4H2,1-2H3,(H2,13,15,17)/b14-9-. The van der Waals surface area contributed by atoms with Crippen molar-refractivity contribution in [2.24, 2.45) is 5.10 Å². The van der Waals surface area contributed by atoms with Gasteiger partial charge < -0.3 is 10.1 Å². The summed E-state index contributed by atoms with van der Waals surface area (Å²) >= 11 is 4.99. The normalized spacial score (nSPS) is 10.2. The zero-order chi connectivity index (χ0) is 12.5. The van der Waals surface area contributed by atoms with Gasteiger partial charge in [0, 0.05) is 12.1 Å². The Hall–Kier alpha value is -1.62. The van der Waals surface area contributed by atoms with Gasteiger partial charge >= 0.3 is 0 Å². The van der Waals surface area contributed by atoms with E-state index >= 15 is 0 Å². The highest BCUT2D eigenvalue weighted by Crippen LogP contribution is 2.15. The minimum atomic E-state index is 0.512. The van der Waals surface area contributed by atoms with Gasteiger partial charge in [-0.1, -0.05) is 12.1 Å². The third-order valence-electron chi connectivity index (χ3n) is 1.93. The van der Waals surface area contributed by atoms with E-state index in [0.29, 0.717) is 11.7 Å². The molecule has 1 rings (SSSR count). The average Bonchev–Trinajstić information content (AvgIpc) is 2.32. The van der Waals surface area contributed by atoms with Gasteiger partial charge in [0.1, 0.15) is 5.75 Å². The summed E-state index contributed by atoms with van der Waals surface area (Å²) in [5.74, 6) is 0.815. The molecule has 0 aromatic heterocycles. The fraction of sp³-hybridized carbons (Fsp3) is 0.333. The first-order chi connectivity index (χ1) is 8.27. The fourth-order valence-electron chi connectivity index (χ4n) is 1.23. The Balaban J connectivity index is 2.61. The van der Waals surface area contributed by atoms with Crippen LogP contribution >= 0.6 is 12.2 Å². The quantitative estimate of drug-likeness (QED) is 0.477. The van der Waals surface area contributed by atoms with Gasteiger partial charge in [0.15, 0.2) is 5.11 Å². The first-order valence-corrected chi connectivity index (χ1v) is 5.97. The highest BCUT2D eigenvalue weighted by atomic mass is 32.1. The van der Waals surface area contributed by atoms with Crippen LogP contribution in [-0.4, -0.2) is 24.5 Å². The zero-order valence-electron chi connectivity index (χ0n) is 10.1. The smallest absolute Gasteiger partial charge is 0.186 e. The number of nitrogens with one attached hydrogen (secondary N) is 2. The molecule has 17 heavy (non-hydrogen) atoms. The van der Waals surface area contributed by atoms with Crippen molar-refractivity contribution in [1.29, 1.82) is 0 Å². The molecule has 0 unspecified atom stereocenters. The molecule has 0 fully saturated rings. The molecule has 0 radical (unpaired) electrons. The lowest BCUT2D eigenvalue weighted by molar-refractivity contribution is 0.340. The molecule has 0 heterocycles. The van der Waals surface area contributed by atoms with Gasteiger partial charge in [-0.05, 0) is 38.2 Å². The first-order valence-electron chi connectivity index (χ1n) is 5.56. The maximum Gasteiger partial charge on any atom is 0.186 e. The SMILES string of the molecule is CCNC(=S)N/N=C\c1ccccc1OCC. The maximum absolute atomic E-state index is 5.47. The Morgan fingerprint density at radius 1 is 1.41 bits per heavy atom. The summed E-state index contributed by atoms with van der Waals surface area (Å²) in [6.07, 6.45) is 1.69. The topological polar surface area (TPSA) is 45.7 Å². The van der Waals surface area contributed by atoms with Gasteiger partial charge in [-0.15, -0.1) is 0 Å². The summed E-state index contributed by atoms with van der Waals surface area (Å²) in [6, 6.07) is 7.71. The van der Waals surface area contributed by atoms with Gasteiger partial charge in [-0.3, -0.25) is 5.43 Å². The summed E-state index contributed by atoms with van der Waals surface area (Å²) in [5.41, 5.74) is 3.65. The largest absolute Gasteiger partial charge is 0.493 e. The Kier molecular flexibility index (Phi) is 6.03. The number of thiocarbonyl (C=S) groups is 1. The lowest BCUT2D eigenvalue weighted by Gasteiger charge is -2.06. The Labute approximate surface area is 107 Å². The van der Waals surface area contributed by atoms with Crippen molar-refractivity contribution in [2.45, 2.75) is 13.8 Å². The van der Waals surface area contributed by atoms with Crippen LogP contribution in [0, 0.1) is 0 Å². The minimum Gasteiger partial charge on any atom is -0.493 e. The molecular weight excluding hydrogens is 234 g/mol. The van der Waals surface area contributed by atoms with E-state index in [1.165, 1.54) is 0 Å². The van der Waals surface area contributed by atoms with E-state index in [9.17, 15) is 0 Å². The molecule has 0 aliphatic heterocycles. The summed E-state index contributed by atoms with van der Waals surface area (Å²) in [6.45, 7) is 5.33. The molecule has 4 nitrogen and oxygen atoms in total. The lowest BCUT2D eigenvalue weighted by Crippen LogP contribution is -2.31. The molecule has 1 aromatic carbocycles. The maximum atomic E-state index is 5.47. The highest BCUT2D eigenvalue weighted by Gasteiger charge is 1.98. The van der Waals surface area contributed by atoms with Crippen LogP contribution in [0.2, 0.25) is 0 Å².